The molecule has 112 valence electrons. The number of anilines is 2. The van der Waals surface area contributed by atoms with Crippen LogP contribution in [0, 0.1) is 0 Å². The highest BCUT2D eigenvalue weighted by atomic mass is 32.1. The first-order valence-corrected chi connectivity index (χ1v) is 7.08. The van der Waals surface area contributed by atoms with E-state index in [-0.39, 0.29) is 0 Å². The Kier molecular flexibility index (Phi) is 3.66. The molecule has 2 aromatic heterocycles. The van der Waals surface area contributed by atoms with Crippen LogP contribution in [-0.2, 0) is 6.18 Å². The van der Waals surface area contributed by atoms with Crippen molar-refractivity contribution in [1.82, 2.24) is 13.7 Å². The second-order valence-corrected chi connectivity index (χ2v) is 5.20. The molecular weight excluding hydrogens is 303 g/mol. The molecule has 0 radical (unpaired) electrons. The summed E-state index contributed by atoms with van der Waals surface area (Å²) in [6.07, 6.45) is -1.75. The van der Waals surface area contributed by atoms with Crippen LogP contribution in [0.3, 0.4) is 0 Å². The molecule has 5 nitrogen and oxygen atoms in total. The van der Waals surface area contributed by atoms with Crippen LogP contribution in [0.1, 0.15) is 5.56 Å². The second-order valence-electron chi connectivity index (χ2n) is 4.64. The molecule has 0 aliphatic carbocycles. The van der Waals surface area contributed by atoms with E-state index in [1.165, 1.54) is 6.07 Å². The summed E-state index contributed by atoms with van der Waals surface area (Å²) in [5.74, 6) is 1.42. The van der Waals surface area contributed by atoms with E-state index in [9.17, 15) is 13.2 Å². The van der Waals surface area contributed by atoms with Gasteiger partial charge in [0.2, 0.25) is 0 Å². The van der Waals surface area contributed by atoms with Gasteiger partial charge in [0.15, 0.2) is 5.82 Å². The molecule has 1 fully saturated rings. The molecule has 0 atom stereocenters. The van der Waals surface area contributed by atoms with Crippen molar-refractivity contribution in [3.63, 3.8) is 0 Å². The number of nitrogens with zero attached hydrogens (tertiary/aromatic N) is 5. The molecule has 0 saturated carbocycles. The summed E-state index contributed by atoms with van der Waals surface area (Å²) in [6.45, 7) is 2.87. The lowest BCUT2D eigenvalue weighted by Gasteiger charge is -2.35. The lowest BCUT2D eigenvalue weighted by molar-refractivity contribution is -0.137. The molecule has 0 amide bonds. The normalized spacial score (nSPS) is 16.3. The van der Waals surface area contributed by atoms with Crippen LogP contribution >= 0.6 is 11.7 Å². The molecule has 0 aromatic carbocycles. The fourth-order valence-corrected chi connectivity index (χ4v) is 2.64. The topological polar surface area (TPSA) is 45.2 Å². The molecule has 3 rings (SSSR count). The maximum atomic E-state index is 12.5. The Labute approximate surface area is 123 Å². The summed E-state index contributed by atoms with van der Waals surface area (Å²) in [4.78, 5) is 7.99. The van der Waals surface area contributed by atoms with Gasteiger partial charge in [-0.25, -0.2) is 4.98 Å². The summed E-state index contributed by atoms with van der Waals surface area (Å²) < 4.78 is 45.6. The second kappa shape index (κ2) is 5.47. The van der Waals surface area contributed by atoms with Crippen molar-refractivity contribution in [3.8, 4) is 0 Å². The number of piperazine rings is 1. The van der Waals surface area contributed by atoms with Crippen molar-refractivity contribution in [2.75, 3.05) is 36.0 Å². The Morgan fingerprint density at radius 2 is 1.62 bits per heavy atom. The van der Waals surface area contributed by atoms with Gasteiger partial charge in [0.05, 0.1) is 23.5 Å². The molecule has 0 N–H and O–H groups in total. The number of aromatic nitrogens is 3. The summed E-state index contributed by atoms with van der Waals surface area (Å²) >= 11 is 1.16. The van der Waals surface area contributed by atoms with Crippen LogP contribution < -0.4 is 9.80 Å². The van der Waals surface area contributed by atoms with Gasteiger partial charge in [0.1, 0.15) is 5.82 Å². The number of halogens is 3. The molecule has 1 aliphatic rings. The van der Waals surface area contributed by atoms with Gasteiger partial charge in [-0.05, 0) is 12.1 Å². The number of rotatable bonds is 2. The first-order chi connectivity index (χ1) is 10.0. The highest BCUT2D eigenvalue weighted by Gasteiger charge is 2.31. The maximum Gasteiger partial charge on any atom is 0.417 e. The SMILES string of the molecule is FC(F)(F)c1ccc(N2CCN(c3cnsn3)CC2)nc1. The van der Waals surface area contributed by atoms with Crippen molar-refractivity contribution >= 4 is 23.4 Å². The summed E-state index contributed by atoms with van der Waals surface area (Å²) in [7, 11) is 0. The predicted octanol–water partition coefficient (Wildman–Crippen LogP) is 2.28. The molecule has 0 spiro atoms. The highest BCUT2D eigenvalue weighted by Crippen LogP contribution is 2.29. The minimum atomic E-state index is -4.35. The number of hydrogen-bond acceptors (Lipinski definition) is 6. The molecular formula is C12H12F3N5S. The molecule has 21 heavy (non-hydrogen) atoms. The van der Waals surface area contributed by atoms with Crippen molar-refractivity contribution in [2.24, 2.45) is 0 Å². The predicted molar refractivity (Wildman–Crippen MR) is 73.6 cm³/mol. The van der Waals surface area contributed by atoms with E-state index in [1.807, 2.05) is 4.90 Å². The fourth-order valence-electron chi connectivity index (χ4n) is 2.20. The Bertz CT molecular complexity index is 576. The van der Waals surface area contributed by atoms with E-state index in [0.717, 1.165) is 42.9 Å². The quantitative estimate of drug-likeness (QED) is 0.851. The highest BCUT2D eigenvalue weighted by molar-refractivity contribution is 6.99. The minimum Gasteiger partial charge on any atom is -0.353 e. The van der Waals surface area contributed by atoms with Gasteiger partial charge in [-0.15, -0.1) is 0 Å². The third kappa shape index (κ3) is 3.07. The standard InChI is InChI=1S/C12H12F3N5S/c13-12(14,15)9-1-2-10(16-7-9)19-3-5-20(6-4-19)11-8-17-21-18-11/h1-2,7-8H,3-6H2. The van der Waals surface area contributed by atoms with Gasteiger partial charge in [-0.2, -0.15) is 21.9 Å². The molecule has 1 saturated heterocycles. The van der Waals surface area contributed by atoms with Gasteiger partial charge < -0.3 is 9.80 Å². The average molecular weight is 315 g/mol. The fraction of sp³-hybridized carbons (Fsp3) is 0.417. The number of pyridine rings is 1. The van der Waals surface area contributed by atoms with E-state index in [0.29, 0.717) is 18.9 Å². The maximum absolute atomic E-state index is 12.5. The van der Waals surface area contributed by atoms with Crippen LogP contribution in [0.4, 0.5) is 24.8 Å². The van der Waals surface area contributed by atoms with Gasteiger partial charge in [-0.3, -0.25) is 0 Å². The van der Waals surface area contributed by atoms with Crippen LogP contribution in [0.2, 0.25) is 0 Å². The zero-order valence-electron chi connectivity index (χ0n) is 10.9. The van der Waals surface area contributed by atoms with E-state index in [2.05, 4.69) is 18.6 Å². The zero-order chi connectivity index (χ0) is 14.9. The van der Waals surface area contributed by atoms with Gasteiger partial charge in [0, 0.05) is 32.4 Å². The van der Waals surface area contributed by atoms with Crippen molar-refractivity contribution < 1.29 is 13.2 Å². The van der Waals surface area contributed by atoms with E-state index in [1.54, 1.807) is 6.20 Å². The van der Waals surface area contributed by atoms with E-state index < -0.39 is 11.7 Å². The summed E-state index contributed by atoms with van der Waals surface area (Å²) in [5, 5.41) is 0. The van der Waals surface area contributed by atoms with Crippen LogP contribution in [0.15, 0.2) is 24.5 Å². The molecule has 2 aromatic rings. The Balaban J connectivity index is 1.64. The lowest BCUT2D eigenvalue weighted by atomic mass is 10.2. The third-order valence-corrected chi connectivity index (χ3v) is 3.82. The van der Waals surface area contributed by atoms with E-state index >= 15 is 0 Å². The smallest absolute Gasteiger partial charge is 0.353 e. The van der Waals surface area contributed by atoms with Crippen molar-refractivity contribution in [1.29, 1.82) is 0 Å². The third-order valence-electron chi connectivity index (χ3n) is 3.35. The molecule has 3 heterocycles. The first-order valence-electron chi connectivity index (χ1n) is 6.35. The molecule has 0 bridgehead atoms. The van der Waals surface area contributed by atoms with Gasteiger partial charge in [0.25, 0.3) is 0 Å². The zero-order valence-corrected chi connectivity index (χ0v) is 11.7. The van der Waals surface area contributed by atoms with Gasteiger partial charge >= 0.3 is 6.18 Å². The monoisotopic (exact) mass is 315 g/mol. The molecule has 1 aliphatic heterocycles. The largest absolute Gasteiger partial charge is 0.417 e. The Hall–Kier alpha value is -1.90. The summed E-state index contributed by atoms with van der Waals surface area (Å²) in [6, 6.07) is 2.49. The number of hydrogen-bond donors (Lipinski definition) is 0. The lowest BCUT2D eigenvalue weighted by Crippen LogP contribution is -2.47. The molecule has 9 heteroatoms. The number of alkyl halides is 3. The van der Waals surface area contributed by atoms with Crippen LogP contribution in [0.5, 0.6) is 0 Å². The molecule has 0 unspecified atom stereocenters. The first kappa shape index (κ1) is 14.1. The van der Waals surface area contributed by atoms with Crippen LogP contribution in [-0.4, -0.2) is 39.9 Å². The Morgan fingerprint density at radius 1 is 0.952 bits per heavy atom. The van der Waals surface area contributed by atoms with E-state index in [4.69, 9.17) is 0 Å². The van der Waals surface area contributed by atoms with Gasteiger partial charge in [-0.1, -0.05) is 0 Å². The van der Waals surface area contributed by atoms with Crippen LogP contribution in [0.25, 0.3) is 0 Å². The minimum absolute atomic E-state index is 0.569. The average Bonchev–Trinajstić information content (AvgIpc) is 3.01. The van der Waals surface area contributed by atoms with Crippen molar-refractivity contribution in [3.05, 3.63) is 30.1 Å². The Morgan fingerprint density at radius 3 is 2.10 bits per heavy atom. The van der Waals surface area contributed by atoms with Crippen molar-refractivity contribution in [2.45, 2.75) is 6.18 Å². The summed E-state index contributed by atoms with van der Waals surface area (Å²) in [5.41, 5.74) is -0.724.